The van der Waals surface area contributed by atoms with Gasteiger partial charge in [0.15, 0.2) is 0 Å². The van der Waals surface area contributed by atoms with Crippen LogP contribution in [-0.4, -0.2) is 30.7 Å². The summed E-state index contributed by atoms with van der Waals surface area (Å²) >= 11 is 0. The molecule has 1 fully saturated rings. The molecule has 1 heterocycles. The first-order chi connectivity index (χ1) is 12.5. The van der Waals surface area contributed by atoms with Gasteiger partial charge in [-0.25, -0.2) is 4.79 Å². The van der Waals surface area contributed by atoms with Crippen LogP contribution < -0.4 is 9.47 Å². The Bertz CT molecular complexity index is 775. The van der Waals surface area contributed by atoms with Gasteiger partial charge in [0.1, 0.15) is 11.5 Å². The predicted molar refractivity (Wildman–Crippen MR) is 93.5 cm³/mol. The molecule has 3 rings (SSSR count). The monoisotopic (exact) mass is 357 g/mol. The number of nitro benzene ring substituents is 1. The number of esters is 1. The molecular weight excluding hydrogens is 338 g/mol. The molecule has 1 aliphatic rings. The van der Waals surface area contributed by atoms with Crippen LogP contribution in [-0.2, 0) is 4.74 Å². The fourth-order valence-corrected chi connectivity index (χ4v) is 2.51. The maximum Gasteiger partial charge on any atom is 0.343 e. The summed E-state index contributed by atoms with van der Waals surface area (Å²) in [5, 5.41) is 10.6. The lowest BCUT2D eigenvalue weighted by atomic mass is 9.84. The molecule has 0 unspecified atom stereocenters. The van der Waals surface area contributed by atoms with Crippen LogP contribution in [0.25, 0.3) is 0 Å². The van der Waals surface area contributed by atoms with Crippen molar-refractivity contribution in [3.63, 3.8) is 0 Å². The molecule has 1 saturated heterocycles. The lowest BCUT2D eigenvalue weighted by molar-refractivity contribution is -0.384. The fraction of sp³-hybridized carbons (Fsp3) is 0.316. The number of ether oxygens (including phenoxy) is 3. The predicted octanol–water partition coefficient (Wildman–Crippen LogP) is 3.62. The highest BCUT2D eigenvalue weighted by molar-refractivity contribution is 5.91. The Labute approximate surface area is 150 Å². The number of hydrogen-bond acceptors (Lipinski definition) is 6. The Morgan fingerprint density at radius 1 is 1.12 bits per heavy atom. The minimum atomic E-state index is -0.539. The van der Waals surface area contributed by atoms with Crippen LogP contribution >= 0.6 is 0 Å². The normalized spacial score (nSPS) is 15.0. The Morgan fingerprint density at radius 2 is 1.73 bits per heavy atom. The summed E-state index contributed by atoms with van der Waals surface area (Å²) in [4.78, 5) is 22.3. The number of nitrogens with zero attached hydrogens (tertiary/aromatic N) is 1. The zero-order valence-corrected chi connectivity index (χ0v) is 14.3. The van der Waals surface area contributed by atoms with Crippen molar-refractivity contribution in [3.05, 3.63) is 64.2 Å². The third kappa shape index (κ3) is 4.00. The highest BCUT2D eigenvalue weighted by Gasteiger charge is 2.37. The highest BCUT2D eigenvalue weighted by Crippen LogP contribution is 2.32. The van der Waals surface area contributed by atoms with E-state index in [0.29, 0.717) is 31.1 Å². The molecule has 0 aromatic heterocycles. The SMILES string of the molecule is CCC1(COc2ccc(C(=O)Oc3ccc([N+](=O)[O-])cc3)cc2)COC1. The summed E-state index contributed by atoms with van der Waals surface area (Å²) in [7, 11) is 0. The first-order valence-electron chi connectivity index (χ1n) is 8.29. The van der Waals surface area contributed by atoms with Crippen molar-refractivity contribution in [2.45, 2.75) is 13.3 Å². The molecule has 0 spiro atoms. The summed E-state index contributed by atoms with van der Waals surface area (Å²) in [5.74, 6) is 0.384. The second kappa shape index (κ2) is 7.53. The summed E-state index contributed by atoms with van der Waals surface area (Å²) in [6, 6.07) is 12.0. The molecule has 136 valence electrons. The van der Waals surface area contributed by atoms with Crippen LogP contribution in [0.5, 0.6) is 11.5 Å². The molecule has 2 aromatic rings. The first kappa shape index (κ1) is 17.9. The molecule has 0 bridgehead atoms. The molecule has 2 aromatic carbocycles. The zero-order valence-electron chi connectivity index (χ0n) is 14.3. The van der Waals surface area contributed by atoms with Crippen molar-refractivity contribution in [2.75, 3.05) is 19.8 Å². The number of benzene rings is 2. The van der Waals surface area contributed by atoms with E-state index in [-0.39, 0.29) is 16.9 Å². The lowest BCUT2D eigenvalue weighted by Gasteiger charge is -2.40. The van der Waals surface area contributed by atoms with Gasteiger partial charge in [0.05, 0.1) is 35.7 Å². The molecule has 0 amide bonds. The van der Waals surface area contributed by atoms with Crippen LogP contribution in [0, 0.1) is 15.5 Å². The third-order valence-corrected chi connectivity index (χ3v) is 4.46. The van der Waals surface area contributed by atoms with Gasteiger partial charge >= 0.3 is 5.97 Å². The molecule has 7 heteroatoms. The van der Waals surface area contributed by atoms with Crippen LogP contribution in [0.1, 0.15) is 23.7 Å². The van der Waals surface area contributed by atoms with E-state index in [0.717, 1.165) is 6.42 Å². The topological polar surface area (TPSA) is 87.9 Å². The van der Waals surface area contributed by atoms with E-state index >= 15 is 0 Å². The molecule has 0 aliphatic carbocycles. The van der Waals surface area contributed by atoms with Crippen LogP contribution in [0.2, 0.25) is 0 Å². The van der Waals surface area contributed by atoms with Crippen molar-refractivity contribution < 1.29 is 23.9 Å². The van der Waals surface area contributed by atoms with E-state index < -0.39 is 10.9 Å². The molecule has 0 N–H and O–H groups in total. The Morgan fingerprint density at radius 3 is 2.23 bits per heavy atom. The lowest BCUT2D eigenvalue weighted by Crippen LogP contribution is -2.46. The molecular formula is C19H19NO6. The van der Waals surface area contributed by atoms with Crippen molar-refractivity contribution in [3.8, 4) is 11.5 Å². The van der Waals surface area contributed by atoms with Gasteiger partial charge in [-0.1, -0.05) is 6.92 Å². The van der Waals surface area contributed by atoms with Gasteiger partial charge < -0.3 is 14.2 Å². The molecule has 0 atom stereocenters. The third-order valence-electron chi connectivity index (χ3n) is 4.46. The second-order valence-corrected chi connectivity index (χ2v) is 6.30. The second-order valence-electron chi connectivity index (χ2n) is 6.30. The molecule has 0 saturated carbocycles. The van der Waals surface area contributed by atoms with Crippen molar-refractivity contribution in [2.24, 2.45) is 5.41 Å². The Hall–Kier alpha value is -2.93. The van der Waals surface area contributed by atoms with Crippen molar-refractivity contribution in [1.29, 1.82) is 0 Å². The maximum atomic E-state index is 12.1. The molecule has 0 radical (unpaired) electrons. The largest absolute Gasteiger partial charge is 0.493 e. The number of nitro groups is 1. The molecule has 1 aliphatic heterocycles. The summed E-state index contributed by atoms with van der Waals surface area (Å²) < 4.78 is 16.3. The number of carbonyl (C=O) groups is 1. The fourth-order valence-electron chi connectivity index (χ4n) is 2.51. The minimum absolute atomic E-state index is 0.0620. The first-order valence-corrected chi connectivity index (χ1v) is 8.29. The van der Waals surface area contributed by atoms with Crippen LogP contribution in [0.3, 0.4) is 0 Å². The summed E-state index contributed by atoms with van der Waals surface area (Å²) in [6.07, 6.45) is 0.993. The highest BCUT2D eigenvalue weighted by atomic mass is 16.6. The standard InChI is InChI=1S/C19H19NO6/c1-2-19(11-24-12-19)13-25-16-7-3-14(4-8-16)18(21)26-17-9-5-15(6-10-17)20(22)23/h3-10H,2,11-13H2,1H3. The Balaban J connectivity index is 1.57. The Kier molecular flexibility index (Phi) is 5.18. The van der Waals surface area contributed by atoms with E-state index in [4.69, 9.17) is 14.2 Å². The molecule has 26 heavy (non-hydrogen) atoms. The summed E-state index contributed by atoms with van der Waals surface area (Å²) in [5.41, 5.74) is 0.397. The average molecular weight is 357 g/mol. The smallest absolute Gasteiger partial charge is 0.343 e. The maximum absolute atomic E-state index is 12.1. The number of carbonyl (C=O) groups excluding carboxylic acids is 1. The van der Waals surface area contributed by atoms with E-state index in [1.165, 1.54) is 24.3 Å². The van der Waals surface area contributed by atoms with Gasteiger partial charge in [-0.3, -0.25) is 10.1 Å². The van der Waals surface area contributed by atoms with Crippen LogP contribution in [0.4, 0.5) is 5.69 Å². The van der Waals surface area contributed by atoms with Gasteiger partial charge in [-0.15, -0.1) is 0 Å². The van der Waals surface area contributed by atoms with E-state index in [1.807, 2.05) is 0 Å². The van der Waals surface area contributed by atoms with Gasteiger partial charge in [0, 0.05) is 12.1 Å². The summed E-state index contributed by atoms with van der Waals surface area (Å²) in [6.45, 7) is 4.12. The zero-order chi connectivity index (χ0) is 18.6. The van der Waals surface area contributed by atoms with Crippen molar-refractivity contribution in [1.82, 2.24) is 0 Å². The number of hydrogen-bond donors (Lipinski definition) is 0. The van der Waals surface area contributed by atoms with Gasteiger partial charge in [0.25, 0.3) is 5.69 Å². The van der Waals surface area contributed by atoms with E-state index in [1.54, 1.807) is 24.3 Å². The quantitative estimate of drug-likeness (QED) is 0.325. The molecule has 7 nitrogen and oxygen atoms in total. The van der Waals surface area contributed by atoms with Gasteiger partial charge in [-0.2, -0.15) is 0 Å². The van der Waals surface area contributed by atoms with Crippen LogP contribution in [0.15, 0.2) is 48.5 Å². The minimum Gasteiger partial charge on any atom is -0.493 e. The number of rotatable bonds is 7. The van der Waals surface area contributed by atoms with E-state index in [2.05, 4.69) is 6.92 Å². The average Bonchev–Trinajstić information content (AvgIpc) is 2.62. The number of non-ortho nitro benzene ring substituents is 1. The van der Waals surface area contributed by atoms with Gasteiger partial charge in [0.2, 0.25) is 0 Å². The van der Waals surface area contributed by atoms with E-state index in [9.17, 15) is 14.9 Å². The van der Waals surface area contributed by atoms with Gasteiger partial charge in [-0.05, 0) is 42.8 Å². The van der Waals surface area contributed by atoms with Crippen molar-refractivity contribution >= 4 is 11.7 Å².